The van der Waals surface area contributed by atoms with Gasteiger partial charge in [-0.2, -0.15) is 13.2 Å². The predicted molar refractivity (Wildman–Crippen MR) is 109 cm³/mol. The molecule has 4 N–H and O–H groups in total. The number of rotatable bonds is 2. The maximum absolute atomic E-state index is 13.3. The molecule has 0 aromatic heterocycles. The number of fused-ring (bicyclic) bond motifs is 1. The lowest BCUT2D eigenvalue weighted by molar-refractivity contribution is -0.152. The highest BCUT2D eigenvalue weighted by atomic mass is 19.4. The fourth-order valence-electron chi connectivity index (χ4n) is 3.97. The largest absolute Gasteiger partial charge is 0.411 e. The normalized spacial score (nSPS) is 29.1. The molecule has 1 unspecified atom stereocenters. The van der Waals surface area contributed by atoms with E-state index in [1.807, 2.05) is 6.08 Å². The Morgan fingerprint density at radius 1 is 1.32 bits per heavy atom. The highest BCUT2D eigenvalue weighted by Gasteiger charge is 2.46. The van der Waals surface area contributed by atoms with Crippen LogP contribution in [0.5, 0.6) is 0 Å². The number of aliphatic imine (C=N–C) groups is 1. The van der Waals surface area contributed by atoms with Crippen LogP contribution in [0.1, 0.15) is 20.3 Å². The number of carbonyl (C=O) groups is 1. The predicted octanol–water partition coefficient (Wildman–Crippen LogP) is 0.355. The summed E-state index contributed by atoms with van der Waals surface area (Å²) in [6.07, 6.45) is 1.31. The summed E-state index contributed by atoms with van der Waals surface area (Å²) in [5.41, 5.74) is 5.33. The SMILES string of the molecule is C[C@H]1CCN(C2=NC3=C(C(=O)NC4=CN(C)NC4C(F)(F)F)CNN3C=C2)[C@@H](C)CN1. The molecule has 0 aliphatic carbocycles. The van der Waals surface area contributed by atoms with E-state index < -0.39 is 18.1 Å². The van der Waals surface area contributed by atoms with Gasteiger partial charge in [0.15, 0.2) is 11.9 Å². The summed E-state index contributed by atoms with van der Waals surface area (Å²) in [7, 11) is 1.44. The van der Waals surface area contributed by atoms with E-state index >= 15 is 0 Å². The summed E-state index contributed by atoms with van der Waals surface area (Å²) >= 11 is 0. The Morgan fingerprint density at radius 2 is 2.10 bits per heavy atom. The molecule has 4 rings (SSSR count). The Kier molecular flexibility index (Phi) is 5.71. The van der Waals surface area contributed by atoms with Crippen LogP contribution in [-0.2, 0) is 4.79 Å². The minimum Gasteiger partial charge on any atom is -0.352 e. The van der Waals surface area contributed by atoms with Gasteiger partial charge >= 0.3 is 6.18 Å². The van der Waals surface area contributed by atoms with Crippen LogP contribution >= 0.6 is 0 Å². The van der Waals surface area contributed by atoms with E-state index in [1.165, 1.54) is 18.3 Å². The van der Waals surface area contributed by atoms with Crippen LogP contribution in [-0.4, -0.2) is 77.6 Å². The van der Waals surface area contributed by atoms with Gasteiger partial charge in [-0.15, -0.1) is 0 Å². The zero-order chi connectivity index (χ0) is 22.3. The Bertz CT molecular complexity index is 865. The van der Waals surface area contributed by atoms with Crippen molar-refractivity contribution in [3.05, 3.63) is 35.6 Å². The molecule has 170 valence electrons. The molecular formula is C19H27F3N8O. The Balaban J connectivity index is 1.56. The number of amides is 1. The van der Waals surface area contributed by atoms with E-state index in [0.717, 1.165) is 25.3 Å². The van der Waals surface area contributed by atoms with Gasteiger partial charge in [0.25, 0.3) is 5.91 Å². The molecule has 4 heterocycles. The quantitative estimate of drug-likeness (QED) is 0.493. The number of halogens is 3. The summed E-state index contributed by atoms with van der Waals surface area (Å²) in [4.78, 5) is 19.7. The molecule has 4 aliphatic rings. The maximum atomic E-state index is 13.3. The lowest BCUT2D eigenvalue weighted by atomic mass is 10.2. The lowest BCUT2D eigenvalue weighted by Gasteiger charge is -2.31. The molecule has 0 aromatic rings. The minimum absolute atomic E-state index is 0.170. The Hall–Kier alpha value is -2.57. The first kappa shape index (κ1) is 21.7. The number of hydrogen-bond donors (Lipinski definition) is 4. The molecule has 31 heavy (non-hydrogen) atoms. The van der Waals surface area contributed by atoms with Crippen molar-refractivity contribution >= 4 is 11.7 Å². The van der Waals surface area contributed by atoms with E-state index in [9.17, 15) is 18.0 Å². The molecule has 0 bridgehead atoms. The van der Waals surface area contributed by atoms with E-state index in [2.05, 4.69) is 45.2 Å². The zero-order valence-corrected chi connectivity index (χ0v) is 17.6. The highest BCUT2D eigenvalue weighted by molar-refractivity contribution is 5.99. The number of nitrogens with one attached hydrogen (secondary N) is 4. The van der Waals surface area contributed by atoms with Crippen LogP contribution < -0.4 is 21.5 Å². The summed E-state index contributed by atoms with van der Waals surface area (Å²) in [5, 5.41) is 8.69. The summed E-state index contributed by atoms with van der Waals surface area (Å²) < 4.78 is 39.8. The van der Waals surface area contributed by atoms with E-state index in [4.69, 9.17) is 0 Å². The van der Waals surface area contributed by atoms with E-state index in [1.54, 1.807) is 11.2 Å². The van der Waals surface area contributed by atoms with Crippen LogP contribution in [0.4, 0.5) is 13.2 Å². The third kappa shape index (κ3) is 4.41. The van der Waals surface area contributed by atoms with Crippen molar-refractivity contribution in [1.82, 2.24) is 36.4 Å². The van der Waals surface area contributed by atoms with Crippen molar-refractivity contribution in [3.63, 3.8) is 0 Å². The molecule has 0 radical (unpaired) electrons. The number of hydrogen-bond acceptors (Lipinski definition) is 8. The molecule has 12 heteroatoms. The average molecular weight is 440 g/mol. The number of amidine groups is 1. The molecule has 4 aliphatic heterocycles. The summed E-state index contributed by atoms with van der Waals surface area (Å²) in [5.74, 6) is 0.523. The highest BCUT2D eigenvalue weighted by Crippen LogP contribution is 2.28. The number of carbonyl (C=O) groups excluding carboxylic acids is 1. The smallest absolute Gasteiger partial charge is 0.352 e. The van der Waals surface area contributed by atoms with Crippen LogP contribution in [0.15, 0.2) is 40.6 Å². The first-order chi connectivity index (χ1) is 14.6. The summed E-state index contributed by atoms with van der Waals surface area (Å²) in [6, 6.07) is -1.35. The van der Waals surface area contributed by atoms with Crippen LogP contribution in [0, 0.1) is 0 Å². The van der Waals surface area contributed by atoms with E-state index in [0.29, 0.717) is 11.9 Å². The van der Waals surface area contributed by atoms with Gasteiger partial charge in [-0.25, -0.2) is 15.8 Å². The van der Waals surface area contributed by atoms with Gasteiger partial charge in [0.05, 0.1) is 11.3 Å². The first-order valence-electron chi connectivity index (χ1n) is 10.2. The zero-order valence-electron chi connectivity index (χ0n) is 17.6. The Morgan fingerprint density at radius 3 is 2.84 bits per heavy atom. The Labute approximate surface area is 178 Å². The van der Waals surface area contributed by atoms with Crippen molar-refractivity contribution < 1.29 is 18.0 Å². The van der Waals surface area contributed by atoms with Gasteiger partial charge in [-0.3, -0.25) is 9.80 Å². The van der Waals surface area contributed by atoms with Gasteiger partial charge in [-0.1, -0.05) is 0 Å². The second-order valence-electron chi connectivity index (χ2n) is 8.19. The molecule has 9 nitrogen and oxygen atoms in total. The van der Waals surface area contributed by atoms with Crippen molar-refractivity contribution in [2.24, 2.45) is 4.99 Å². The maximum Gasteiger partial charge on any atom is 0.411 e. The molecule has 0 aromatic carbocycles. The lowest BCUT2D eigenvalue weighted by Crippen LogP contribution is -2.47. The van der Waals surface area contributed by atoms with Crippen molar-refractivity contribution in [3.8, 4) is 0 Å². The van der Waals surface area contributed by atoms with Gasteiger partial charge in [0.1, 0.15) is 5.84 Å². The van der Waals surface area contributed by atoms with Gasteiger partial charge in [0.2, 0.25) is 0 Å². The molecule has 1 amide bonds. The first-order valence-corrected chi connectivity index (χ1v) is 10.2. The molecular weight excluding hydrogens is 413 g/mol. The number of alkyl halides is 3. The third-order valence-electron chi connectivity index (χ3n) is 5.74. The van der Waals surface area contributed by atoms with Crippen LogP contribution in [0.3, 0.4) is 0 Å². The van der Waals surface area contributed by atoms with Crippen molar-refractivity contribution in [1.29, 1.82) is 0 Å². The molecule has 0 spiro atoms. The number of hydrazine groups is 2. The topological polar surface area (TPSA) is 87.3 Å². The van der Waals surface area contributed by atoms with Crippen LogP contribution in [0.2, 0.25) is 0 Å². The second kappa shape index (κ2) is 8.17. The minimum atomic E-state index is -4.53. The average Bonchev–Trinajstić information content (AvgIpc) is 3.24. The van der Waals surface area contributed by atoms with Crippen molar-refractivity contribution in [2.75, 3.05) is 26.7 Å². The monoisotopic (exact) mass is 440 g/mol. The summed E-state index contributed by atoms with van der Waals surface area (Å²) in [6.45, 7) is 6.05. The van der Waals surface area contributed by atoms with Crippen LogP contribution in [0.25, 0.3) is 0 Å². The molecule has 3 atom stereocenters. The third-order valence-corrected chi connectivity index (χ3v) is 5.74. The standard InChI is InChI=1S/C19H27F3N8O/c1-11-4-6-29(12(2)8-23-11)15-5-7-30-17(26-15)13(9-24-30)18(31)25-14-10-28(3)27-16(14)19(20,21)22/h5,7,10-12,16,23-24,27H,4,6,8-9H2,1-3H3,(H,25,31)/t11-,12-,16?/m0/s1. The van der Waals surface area contributed by atoms with Gasteiger partial charge in [0, 0.05) is 51.2 Å². The molecule has 1 fully saturated rings. The molecule has 1 saturated heterocycles. The second-order valence-corrected chi connectivity index (χ2v) is 8.19. The van der Waals surface area contributed by atoms with Gasteiger partial charge < -0.3 is 20.5 Å². The van der Waals surface area contributed by atoms with Gasteiger partial charge in [-0.05, 0) is 26.3 Å². The fraction of sp³-hybridized carbons (Fsp3) is 0.579. The van der Waals surface area contributed by atoms with E-state index in [-0.39, 0.29) is 23.9 Å². The number of nitrogens with zero attached hydrogens (tertiary/aromatic N) is 4. The fourth-order valence-corrected chi connectivity index (χ4v) is 3.97. The molecule has 0 saturated carbocycles. The van der Waals surface area contributed by atoms with Crippen molar-refractivity contribution in [2.45, 2.75) is 44.6 Å².